The second-order valence-corrected chi connectivity index (χ2v) is 5.96. The highest BCUT2D eigenvalue weighted by molar-refractivity contribution is 5.50. The van der Waals surface area contributed by atoms with Crippen LogP contribution in [-0.4, -0.2) is 29.1 Å². The molecule has 0 atom stereocenters. The second kappa shape index (κ2) is 6.91. The first-order valence-electron chi connectivity index (χ1n) is 8.05. The summed E-state index contributed by atoms with van der Waals surface area (Å²) in [5.41, 5.74) is 0. The molecule has 0 unspecified atom stereocenters. The molecule has 1 aromatic heterocycles. The van der Waals surface area contributed by atoms with E-state index in [4.69, 9.17) is 4.98 Å². The molecular weight excluding hydrogens is 248 g/mol. The van der Waals surface area contributed by atoms with Gasteiger partial charge in [0.05, 0.1) is 0 Å². The van der Waals surface area contributed by atoms with Crippen LogP contribution in [0.1, 0.15) is 65.1 Å². The summed E-state index contributed by atoms with van der Waals surface area (Å²) in [6.45, 7) is 10.9. The monoisotopic (exact) mass is 276 g/mol. The normalized spacial score (nSPS) is 14.7. The molecule has 1 aliphatic rings. The fourth-order valence-corrected chi connectivity index (χ4v) is 2.35. The van der Waals surface area contributed by atoms with Crippen molar-refractivity contribution in [2.45, 2.75) is 65.3 Å². The van der Waals surface area contributed by atoms with Crippen molar-refractivity contribution in [3.05, 3.63) is 11.9 Å². The molecule has 1 aromatic rings. The average molecular weight is 276 g/mol. The van der Waals surface area contributed by atoms with E-state index in [9.17, 15) is 0 Å². The lowest BCUT2D eigenvalue weighted by Crippen LogP contribution is -2.32. The highest BCUT2D eigenvalue weighted by atomic mass is 15.2. The maximum atomic E-state index is 4.82. The molecule has 0 spiro atoms. The fraction of sp³-hybridized carbons (Fsp3) is 0.750. The van der Waals surface area contributed by atoms with Gasteiger partial charge in [0, 0.05) is 31.1 Å². The molecule has 0 aromatic carbocycles. The minimum Gasteiger partial charge on any atom is -0.370 e. The zero-order chi connectivity index (χ0) is 14.5. The van der Waals surface area contributed by atoms with Crippen molar-refractivity contribution in [2.24, 2.45) is 0 Å². The van der Waals surface area contributed by atoms with Gasteiger partial charge >= 0.3 is 0 Å². The van der Waals surface area contributed by atoms with E-state index in [1.54, 1.807) is 0 Å². The zero-order valence-electron chi connectivity index (χ0n) is 13.3. The molecule has 0 aliphatic heterocycles. The SMILES string of the molecule is CCCNc1cc(N(CCC)C(C)C)nc(C2CC2)n1. The Hall–Kier alpha value is -1.32. The summed E-state index contributed by atoms with van der Waals surface area (Å²) in [4.78, 5) is 11.9. The third kappa shape index (κ3) is 3.84. The standard InChI is InChI=1S/C16H28N4/c1-5-9-17-14-11-15(20(10-6-2)12(3)4)19-16(18-14)13-7-8-13/h11-13H,5-10H2,1-4H3,(H,17,18,19). The molecule has 0 saturated heterocycles. The summed E-state index contributed by atoms with van der Waals surface area (Å²) in [5.74, 6) is 3.69. The van der Waals surface area contributed by atoms with Crippen LogP contribution in [0.3, 0.4) is 0 Å². The predicted octanol–water partition coefficient (Wildman–Crippen LogP) is 3.80. The van der Waals surface area contributed by atoms with Crippen LogP contribution in [0.2, 0.25) is 0 Å². The molecule has 0 amide bonds. The van der Waals surface area contributed by atoms with Gasteiger partial charge in [0.25, 0.3) is 0 Å². The summed E-state index contributed by atoms with van der Waals surface area (Å²) in [5, 5.41) is 3.42. The van der Waals surface area contributed by atoms with Crippen molar-refractivity contribution in [3.8, 4) is 0 Å². The molecule has 1 aliphatic carbocycles. The zero-order valence-corrected chi connectivity index (χ0v) is 13.3. The van der Waals surface area contributed by atoms with Crippen molar-refractivity contribution >= 4 is 11.6 Å². The molecule has 0 bridgehead atoms. The Morgan fingerprint density at radius 3 is 2.55 bits per heavy atom. The number of nitrogens with one attached hydrogen (secondary N) is 1. The fourth-order valence-electron chi connectivity index (χ4n) is 2.35. The van der Waals surface area contributed by atoms with E-state index < -0.39 is 0 Å². The molecular formula is C16H28N4. The number of rotatable bonds is 8. The van der Waals surface area contributed by atoms with Crippen LogP contribution in [0.15, 0.2) is 6.07 Å². The summed E-state index contributed by atoms with van der Waals surface area (Å²) in [6.07, 6.45) is 4.73. The van der Waals surface area contributed by atoms with Crippen LogP contribution in [0.5, 0.6) is 0 Å². The van der Waals surface area contributed by atoms with Gasteiger partial charge in [0.15, 0.2) is 0 Å². The molecule has 4 nitrogen and oxygen atoms in total. The highest BCUT2D eigenvalue weighted by Gasteiger charge is 2.28. The minimum atomic E-state index is 0.468. The Balaban J connectivity index is 2.26. The Kier molecular flexibility index (Phi) is 5.21. The lowest BCUT2D eigenvalue weighted by molar-refractivity contribution is 0.658. The maximum Gasteiger partial charge on any atom is 0.136 e. The Bertz CT molecular complexity index is 426. The van der Waals surface area contributed by atoms with E-state index in [1.165, 1.54) is 12.8 Å². The van der Waals surface area contributed by atoms with Crippen molar-refractivity contribution in [3.63, 3.8) is 0 Å². The average Bonchev–Trinajstić information content (AvgIpc) is 3.26. The molecule has 112 valence electrons. The molecule has 1 N–H and O–H groups in total. The predicted molar refractivity (Wildman–Crippen MR) is 85.6 cm³/mol. The van der Waals surface area contributed by atoms with Crippen LogP contribution >= 0.6 is 0 Å². The third-order valence-corrected chi connectivity index (χ3v) is 3.61. The van der Waals surface area contributed by atoms with Crippen molar-refractivity contribution < 1.29 is 0 Å². The summed E-state index contributed by atoms with van der Waals surface area (Å²) in [7, 11) is 0. The first kappa shape index (κ1) is 15.1. The van der Waals surface area contributed by atoms with Crippen LogP contribution in [0, 0.1) is 0 Å². The van der Waals surface area contributed by atoms with Crippen LogP contribution in [-0.2, 0) is 0 Å². The van der Waals surface area contributed by atoms with Crippen LogP contribution in [0.4, 0.5) is 11.6 Å². The van der Waals surface area contributed by atoms with E-state index in [0.29, 0.717) is 12.0 Å². The first-order chi connectivity index (χ1) is 9.65. The summed E-state index contributed by atoms with van der Waals surface area (Å²) < 4.78 is 0. The molecule has 1 saturated carbocycles. The lowest BCUT2D eigenvalue weighted by atomic mass is 10.2. The quantitative estimate of drug-likeness (QED) is 0.784. The van der Waals surface area contributed by atoms with E-state index >= 15 is 0 Å². The molecule has 20 heavy (non-hydrogen) atoms. The smallest absolute Gasteiger partial charge is 0.136 e. The largest absolute Gasteiger partial charge is 0.370 e. The summed E-state index contributed by atoms with van der Waals surface area (Å²) >= 11 is 0. The third-order valence-electron chi connectivity index (χ3n) is 3.61. The van der Waals surface area contributed by atoms with Gasteiger partial charge in [0.2, 0.25) is 0 Å². The van der Waals surface area contributed by atoms with Gasteiger partial charge in [-0.25, -0.2) is 9.97 Å². The highest BCUT2D eigenvalue weighted by Crippen LogP contribution is 2.39. The van der Waals surface area contributed by atoms with Gasteiger partial charge in [-0.3, -0.25) is 0 Å². The number of hydrogen-bond acceptors (Lipinski definition) is 4. The second-order valence-electron chi connectivity index (χ2n) is 5.96. The number of aromatic nitrogens is 2. The van der Waals surface area contributed by atoms with E-state index in [-0.39, 0.29) is 0 Å². The first-order valence-corrected chi connectivity index (χ1v) is 8.05. The van der Waals surface area contributed by atoms with E-state index in [1.807, 2.05) is 0 Å². The van der Waals surface area contributed by atoms with E-state index in [2.05, 4.69) is 49.0 Å². The maximum absolute atomic E-state index is 4.82. The Morgan fingerprint density at radius 1 is 1.25 bits per heavy atom. The van der Waals surface area contributed by atoms with Crippen LogP contribution in [0.25, 0.3) is 0 Å². The Morgan fingerprint density at radius 2 is 2.00 bits per heavy atom. The van der Waals surface area contributed by atoms with Gasteiger partial charge in [0.1, 0.15) is 17.5 Å². The van der Waals surface area contributed by atoms with Crippen molar-refractivity contribution in [1.82, 2.24) is 9.97 Å². The number of nitrogens with zero attached hydrogens (tertiary/aromatic N) is 3. The molecule has 0 radical (unpaired) electrons. The van der Waals surface area contributed by atoms with Gasteiger partial charge in [-0.1, -0.05) is 13.8 Å². The molecule has 1 heterocycles. The van der Waals surface area contributed by atoms with Crippen molar-refractivity contribution in [2.75, 3.05) is 23.3 Å². The summed E-state index contributed by atoms with van der Waals surface area (Å²) in [6, 6.07) is 2.58. The van der Waals surface area contributed by atoms with Gasteiger partial charge in [-0.2, -0.15) is 0 Å². The molecule has 2 rings (SSSR count). The van der Waals surface area contributed by atoms with Gasteiger partial charge in [-0.15, -0.1) is 0 Å². The number of anilines is 2. The molecule has 1 fully saturated rings. The van der Waals surface area contributed by atoms with Gasteiger partial charge in [-0.05, 0) is 39.5 Å². The Labute approximate surface area is 123 Å². The topological polar surface area (TPSA) is 41.0 Å². The van der Waals surface area contributed by atoms with Gasteiger partial charge < -0.3 is 10.2 Å². The molecule has 4 heteroatoms. The van der Waals surface area contributed by atoms with Crippen LogP contribution < -0.4 is 10.2 Å². The van der Waals surface area contributed by atoms with Crippen molar-refractivity contribution in [1.29, 1.82) is 0 Å². The lowest BCUT2D eigenvalue weighted by Gasteiger charge is -2.28. The minimum absolute atomic E-state index is 0.468. The number of hydrogen-bond donors (Lipinski definition) is 1. The van der Waals surface area contributed by atoms with E-state index in [0.717, 1.165) is 43.4 Å².